The normalized spacial score (nSPS) is 12.1. The van der Waals surface area contributed by atoms with Gasteiger partial charge in [0.1, 0.15) is 18.2 Å². The van der Waals surface area contributed by atoms with Gasteiger partial charge in [0.05, 0.1) is 10.6 Å². The number of amides is 1. The minimum Gasteiger partial charge on any atom is -0.488 e. The molecule has 1 aliphatic rings. The van der Waals surface area contributed by atoms with E-state index in [1.54, 1.807) is 25.2 Å². The fraction of sp³-hybridized carbons (Fsp3) is 0.150. The molecule has 1 aliphatic heterocycles. The molecule has 1 aromatic heterocycles. The number of para-hydroxylation sites is 1. The SMILES string of the molecule is Cc1cccc2c1-c1sc(C(=O)N(C)c3ccccc3F)cc1CO2. The maximum Gasteiger partial charge on any atom is 0.268 e. The van der Waals surface area contributed by atoms with Crippen molar-refractivity contribution in [2.45, 2.75) is 13.5 Å². The second-order valence-electron chi connectivity index (χ2n) is 6.02. The number of hydrogen-bond acceptors (Lipinski definition) is 3. The van der Waals surface area contributed by atoms with Crippen molar-refractivity contribution in [3.8, 4) is 16.2 Å². The van der Waals surface area contributed by atoms with Crippen LogP contribution in [0.4, 0.5) is 10.1 Å². The lowest BCUT2D eigenvalue weighted by Crippen LogP contribution is -2.26. The van der Waals surface area contributed by atoms with E-state index in [0.29, 0.717) is 11.5 Å². The molecule has 0 saturated carbocycles. The maximum absolute atomic E-state index is 14.0. The van der Waals surface area contributed by atoms with Crippen molar-refractivity contribution < 1.29 is 13.9 Å². The van der Waals surface area contributed by atoms with Crippen LogP contribution in [-0.2, 0) is 6.61 Å². The Bertz CT molecular complexity index is 980. The zero-order chi connectivity index (χ0) is 17.6. The first-order valence-corrected chi connectivity index (χ1v) is 8.76. The molecular formula is C20H16FNO2S. The number of benzene rings is 2. The highest BCUT2D eigenvalue weighted by Crippen LogP contribution is 2.44. The summed E-state index contributed by atoms with van der Waals surface area (Å²) in [6.45, 7) is 2.48. The van der Waals surface area contributed by atoms with E-state index in [2.05, 4.69) is 0 Å². The zero-order valence-corrected chi connectivity index (χ0v) is 14.7. The second-order valence-corrected chi connectivity index (χ2v) is 7.07. The number of aryl methyl sites for hydroxylation is 1. The number of carbonyl (C=O) groups excluding carboxylic acids is 1. The van der Waals surface area contributed by atoms with Gasteiger partial charge in [-0.05, 0) is 36.8 Å². The first-order chi connectivity index (χ1) is 12.1. The van der Waals surface area contributed by atoms with Gasteiger partial charge in [-0.3, -0.25) is 4.79 Å². The van der Waals surface area contributed by atoms with Crippen molar-refractivity contribution in [2.75, 3.05) is 11.9 Å². The topological polar surface area (TPSA) is 29.5 Å². The average Bonchev–Trinajstić information content (AvgIpc) is 3.05. The molecule has 0 bridgehead atoms. The van der Waals surface area contributed by atoms with E-state index in [-0.39, 0.29) is 11.6 Å². The Kier molecular flexibility index (Phi) is 3.81. The van der Waals surface area contributed by atoms with Gasteiger partial charge < -0.3 is 9.64 Å². The summed E-state index contributed by atoms with van der Waals surface area (Å²) in [4.78, 5) is 15.8. The van der Waals surface area contributed by atoms with Gasteiger partial charge in [-0.15, -0.1) is 11.3 Å². The molecule has 0 spiro atoms. The van der Waals surface area contributed by atoms with Crippen LogP contribution in [0.3, 0.4) is 0 Å². The first-order valence-electron chi connectivity index (χ1n) is 7.94. The molecular weight excluding hydrogens is 337 g/mol. The number of thiophene rings is 1. The van der Waals surface area contributed by atoms with Crippen LogP contribution in [0, 0.1) is 12.7 Å². The van der Waals surface area contributed by atoms with Gasteiger partial charge in [-0.25, -0.2) is 4.39 Å². The average molecular weight is 353 g/mol. The van der Waals surface area contributed by atoms with Crippen LogP contribution < -0.4 is 9.64 Å². The van der Waals surface area contributed by atoms with Gasteiger partial charge in [-0.2, -0.15) is 0 Å². The molecule has 0 atom stereocenters. The highest BCUT2D eigenvalue weighted by Gasteiger charge is 2.26. The van der Waals surface area contributed by atoms with Gasteiger partial charge in [0, 0.05) is 23.1 Å². The third-order valence-corrected chi connectivity index (χ3v) is 5.57. The molecule has 4 rings (SSSR count). The van der Waals surface area contributed by atoms with Crippen LogP contribution >= 0.6 is 11.3 Å². The number of nitrogens with zero attached hydrogens (tertiary/aromatic N) is 1. The smallest absolute Gasteiger partial charge is 0.268 e. The van der Waals surface area contributed by atoms with Crippen molar-refractivity contribution in [1.82, 2.24) is 0 Å². The van der Waals surface area contributed by atoms with Crippen LogP contribution in [0.15, 0.2) is 48.5 Å². The molecule has 0 unspecified atom stereocenters. The highest BCUT2D eigenvalue weighted by molar-refractivity contribution is 7.17. The van der Waals surface area contributed by atoms with Crippen molar-refractivity contribution >= 4 is 22.9 Å². The lowest BCUT2D eigenvalue weighted by Gasteiger charge is -2.19. The molecule has 25 heavy (non-hydrogen) atoms. The van der Waals surface area contributed by atoms with Crippen molar-refractivity contribution in [3.05, 3.63) is 70.4 Å². The van der Waals surface area contributed by atoms with Crippen LogP contribution in [0.2, 0.25) is 0 Å². The molecule has 2 aromatic carbocycles. The third-order valence-electron chi connectivity index (χ3n) is 4.38. The van der Waals surface area contributed by atoms with Crippen LogP contribution in [0.25, 0.3) is 10.4 Å². The van der Waals surface area contributed by atoms with Crippen molar-refractivity contribution in [1.29, 1.82) is 0 Å². The summed E-state index contributed by atoms with van der Waals surface area (Å²) in [5.41, 5.74) is 3.42. The summed E-state index contributed by atoms with van der Waals surface area (Å²) in [6, 6.07) is 14.1. The standard InChI is InChI=1S/C20H16FNO2S/c1-12-6-5-9-16-18(12)19-13(11-24-16)10-17(25-19)20(23)22(2)15-8-4-3-7-14(15)21/h3-10H,11H2,1-2H3. The molecule has 126 valence electrons. The summed E-state index contributed by atoms with van der Waals surface area (Å²) in [5.74, 6) is 0.208. The number of rotatable bonds is 2. The van der Waals surface area contributed by atoms with Gasteiger partial charge in [0.15, 0.2) is 0 Å². The molecule has 0 radical (unpaired) electrons. The van der Waals surface area contributed by atoms with Crippen LogP contribution in [-0.4, -0.2) is 13.0 Å². The zero-order valence-electron chi connectivity index (χ0n) is 13.9. The lowest BCUT2D eigenvalue weighted by atomic mass is 10.0. The van der Waals surface area contributed by atoms with Gasteiger partial charge in [-0.1, -0.05) is 24.3 Å². The molecule has 0 saturated heterocycles. The number of ether oxygens (including phenoxy) is 1. The molecule has 0 aliphatic carbocycles. The minimum atomic E-state index is -0.413. The Hall–Kier alpha value is -2.66. The second kappa shape index (κ2) is 6.01. The Morgan fingerprint density at radius 1 is 1.20 bits per heavy atom. The Morgan fingerprint density at radius 2 is 2.00 bits per heavy atom. The van der Waals surface area contributed by atoms with E-state index >= 15 is 0 Å². The van der Waals surface area contributed by atoms with Crippen LogP contribution in [0.5, 0.6) is 5.75 Å². The molecule has 2 heterocycles. The van der Waals surface area contributed by atoms with Crippen molar-refractivity contribution in [3.63, 3.8) is 0 Å². The van der Waals surface area contributed by atoms with E-state index in [1.165, 1.54) is 22.3 Å². The number of halogens is 1. The number of anilines is 1. The van der Waals surface area contributed by atoms with Gasteiger partial charge in [0.2, 0.25) is 0 Å². The molecule has 3 aromatic rings. The molecule has 1 amide bonds. The summed E-state index contributed by atoms with van der Waals surface area (Å²) in [5, 5.41) is 0. The molecule has 3 nitrogen and oxygen atoms in total. The summed E-state index contributed by atoms with van der Waals surface area (Å²) < 4.78 is 19.8. The fourth-order valence-electron chi connectivity index (χ4n) is 3.06. The monoisotopic (exact) mass is 353 g/mol. The largest absolute Gasteiger partial charge is 0.488 e. The van der Waals surface area contributed by atoms with E-state index in [9.17, 15) is 9.18 Å². The summed E-state index contributed by atoms with van der Waals surface area (Å²) in [6.07, 6.45) is 0. The van der Waals surface area contributed by atoms with Gasteiger partial charge >= 0.3 is 0 Å². The van der Waals surface area contributed by atoms with Crippen LogP contribution in [0.1, 0.15) is 20.8 Å². The van der Waals surface area contributed by atoms with E-state index < -0.39 is 5.82 Å². The fourth-order valence-corrected chi connectivity index (χ4v) is 4.32. The minimum absolute atomic E-state index is 0.223. The lowest BCUT2D eigenvalue weighted by molar-refractivity contribution is 0.0996. The van der Waals surface area contributed by atoms with E-state index in [4.69, 9.17) is 4.74 Å². The summed E-state index contributed by atoms with van der Waals surface area (Å²) >= 11 is 1.44. The summed E-state index contributed by atoms with van der Waals surface area (Å²) in [7, 11) is 1.59. The van der Waals surface area contributed by atoms with Crippen molar-refractivity contribution in [2.24, 2.45) is 0 Å². The van der Waals surface area contributed by atoms with Gasteiger partial charge in [0.25, 0.3) is 5.91 Å². The Labute approximate surface area is 149 Å². The molecule has 5 heteroatoms. The molecule has 0 fully saturated rings. The quantitative estimate of drug-likeness (QED) is 0.646. The highest BCUT2D eigenvalue weighted by atomic mass is 32.1. The Balaban J connectivity index is 1.74. The number of carbonyl (C=O) groups is 1. The number of fused-ring (bicyclic) bond motifs is 3. The van der Waals surface area contributed by atoms with E-state index in [0.717, 1.165) is 27.3 Å². The Morgan fingerprint density at radius 3 is 2.80 bits per heavy atom. The number of hydrogen-bond donors (Lipinski definition) is 0. The third kappa shape index (κ3) is 2.61. The predicted molar refractivity (Wildman–Crippen MR) is 98.0 cm³/mol. The van der Waals surface area contributed by atoms with E-state index in [1.807, 2.05) is 31.2 Å². The first kappa shape index (κ1) is 15.8. The predicted octanol–water partition coefficient (Wildman–Crippen LogP) is 5.03. The maximum atomic E-state index is 14.0. The molecule has 0 N–H and O–H groups in total.